The summed E-state index contributed by atoms with van der Waals surface area (Å²) in [6, 6.07) is 3.57. The summed E-state index contributed by atoms with van der Waals surface area (Å²) in [6.07, 6.45) is 0.324. The van der Waals surface area contributed by atoms with E-state index in [0.717, 1.165) is 35.4 Å². The smallest absolute Gasteiger partial charge is 0.354 e. The van der Waals surface area contributed by atoms with Crippen molar-refractivity contribution >= 4 is 28.7 Å². The third-order valence-electron chi connectivity index (χ3n) is 5.70. The molecule has 1 aliphatic rings. The Morgan fingerprint density at radius 1 is 1.26 bits per heavy atom. The van der Waals surface area contributed by atoms with E-state index < -0.39 is 17.8 Å². The summed E-state index contributed by atoms with van der Waals surface area (Å²) < 4.78 is 38.1. The molecule has 0 aliphatic carbocycles. The van der Waals surface area contributed by atoms with Crippen LogP contribution in [0.1, 0.15) is 18.9 Å². The van der Waals surface area contributed by atoms with E-state index in [1.54, 1.807) is 11.1 Å². The highest BCUT2D eigenvalue weighted by molar-refractivity contribution is 5.89. The number of nitrogens with one attached hydrogen (secondary N) is 2. The van der Waals surface area contributed by atoms with Crippen molar-refractivity contribution in [2.45, 2.75) is 25.6 Å². The van der Waals surface area contributed by atoms with E-state index in [4.69, 9.17) is 0 Å². The van der Waals surface area contributed by atoms with Crippen molar-refractivity contribution in [3.05, 3.63) is 42.5 Å². The average Bonchev–Trinajstić information content (AvgIpc) is 3.22. The number of amides is 2. The van der Waals surface area contributed by atoms with Crippen molar-refractivity contribution < 1.29 is 18.0 Å². The van der Waals surface area contributed by atoms with Crippen LogP contribution in [0.5, 0.6) is 0 Å². The molecule has 0 radical (unpaired) electrons. The second-order valence-electron chi connectivity index (χ2n) is 7.69. The predicted octanol–water partition coefficient (Wildman–Crippen LogP) is 3.75. The number of rotatable bonds is 3. The van der Waals surface area contributed by atoms with Crippen LogP contribution in [0.25, 0.3) is 11.0 Å². The molecule has 4 rings (SSSR count). The molecule has 3 aromatic heterocycles. The Morgan fingerprint density at radius 2 is 2.06 bits per heavy atom. The fourth-order valence-corrected chi connectivity index (χ4v) is 3.86. The maximum absolute atomic E-state index is 12.7. The van der Waals surface area contributed by atoms with Gasteiger partial charge in [-0.1, -0.05) is 6.92 Å². The van der Waals surface area contributed by atoms with Crippen LogP contribution in [-0.4, -0.2) is 57.0 Å². The number of H-pyrrole nitrogens is 1. The van der Waals surface area contributed by atoms with E-state index in [1.807, 2.05) is 13.1 Å². The Balaban J connectivity index is 1.47. The van der Waals surface area contributed by atoms with Crippen molar-refractivity contribution in [1.29, 1.82) is 0 Å². The number of pyridine rings is 1. The number of alkyl halides is 3. The molecule has 0 bridgehead atoms. The fraction of sp³-hybridized carbons (Fsp3) is 0.400. The molecule has 1 aliphatic heterocycles. The Hall–Kier alpha value is -3.37. The zero-order valence-electron chi connectivity index (χ0n) is 17.0. The molecule has 11 heteroatoms. The minimum Gasteiger partial charge on any atom is -0.354 e. The maximum Gasteiger partial charge on any atom is 0.417 e. The van der Waals surface area contributed by atoms with E-state index in [0.29, 0.717) is 25.2 Å². The fourth-order valence-electron chi connectivity index (χ4n) is 3.86. The van der Waals surface area contributed by atoms with Gasteiger partial charge < -0.3 is 14.8 Å². The standard InChI is InChI=1S/C20H22F3N7O/c1-12-6-8-30(19(31)28-16-4-3-13(9-25-16)20(21,22)23)10-15(12)29(2)18-14-5-7-24-17(14)26-11-27-18/h3-5,7,9,11-12,15H,6,8,10H2,1-2H3,(H,24,26,27)(H,25,28,31). The molecule has 2 atom stereocenters. The van der Waals surface area contributed by atoms with Gasteiger partial charge in [-0.25, -0.2) is 19.7 Å². The van der Waals surface area contributed by atoms with Crippen LogP contribution in [0.4, 0.5) is 29.6 Å². The molecule has 4 heterocycles. The van der Waals surface area contributed by atoms with E-state index >= 15 is 0 Å². The van der Waals surface area contributed by atoms with Gasteiger partial charge in [0, 0.05) is 32.5 Å². The first-order chi connectivity index (χ1) is 14.7. The van der Waals surface area contributed by atoms with E-state index in [-0.39, 0.29) is 11.9 Å². The molecule has 8 nitrogen and oxygen atoms in total. The predicted molar refractivity (Wildman–Crippen MR) is 110 cm³/mol. The van der Waals surface area contributed by atoms with Crippen molar-refractivity contribution in [2.75, 3.05) is 30.4 Å². The van der Waals surface area contributed by atoms with E-state index in [2.05, 4.69) is 37.1 Å². The molecule has 3 aromatic rings. The largest absolute Gasteiger partial charge is 0.417 e. The van der Waals surface area contributed by atoms with Crippen LogP contribution in [0.2, 0.25) is 0 Å². The highest BCUT2D eigenvalue weighted by atomic mass is 19.4. The topological polar surface area (TPSA) is 90.0 Å². The number of aromatic nitrogens is 4. The quantitative estimate of drug-likeness (QED) is 0.657. The van der Waals surface area contributed by atoms with Crippen molar-refractivity contribution in [3.8, 4) is 0 Å². The summed E-state index contributed by atoms with van der Waals surface area (Å²) in [7, 11) is 1.94. The molecule has 2 amide bonds. The van der Waals surface area contributed by atoms with E-state index in [9.17, 15) is 18.0 Å². The van der Waals surface area contributed by atoms with Crippen LogP contribution in [0.15, 0.2) is 36.9 Å². The monoisotopic (exact) mass is 433 g/mol. The number of fused-ring (bicyclic) bond motifs is 1. The lowest BCUT2D eigenvalue weighted by Crippen LogP contribution is -2.53. The number of halogens is 3. The van der Waals surface area contributed by atoms with Gasteiger partial charge in [-0.3, -0.25) is 5.32 Å². The highest BCUT2D eigenvalue weighted by Crippen LogP contribution is 2.30. The van der Waals surface area contributed by atoms with Gasteiger partial charge in [0.05, 0.1) is 17.0 Å². The molecule has 0 saturated carbocycles. The van der Waals surface area contributed by atoms with Gasteiger partial charge in [0.25, 0.3) is 0 Å². The lowest BCUT2D eigenvalue weighted by Gasteiger charge is -2.42. The molecule has 0 aromatic carbocycles. The zero-order valence-corrected chi connectivity index (χ0v) is 17.0. The van der Waals surface area contributed by atoms with Gasteiger partial charge in [-0.05, 0) is 30.5 Å². The summed E-state index contributed by atoms with van der Waals surface area (Å²) >= 11 is 0. The number of hydrogen-bond donors (Lipinski definition) is 2. The average molecular weight is 433 g/mol. The number of carbonyl (C=O) groups excluding carboxylic acids is 1. The van der Waals surface area contributed by atoms with Gasteiger partial charge in [0.2, 0.25) is 0 Å². The first-order valence-electron chi connectivity index (χ1n) is 9.84. The van der Waals surface area contributed by atoms with Crippen LogP contribution >= 0.6 is 0 Å². The summed E-state index contributed by atoms with van der Waals surface area (Å²) in [5, 5.41) is 3.49. The number of likely N-dealkylation sites (tertiary alicyclic amines) is 1. The lowest BCUT2D eigenvalue weighted by atomic mass is 9.92. The SMILES string of the molecule is CC1CCN(C(=O)Nc2ccc(C(F)(F)F)cn2)CC1N(C)c1ncnc2[nH]ccc12. The number of anilines is 2. The molecule has 1 saturated heterocycles. The summed E-state index contributed by atoms with van der Waals surface area (Å²) in [5.74, 6) is 1.16. The number of hydrogen-bond acceptors (Lipinski definition) is 5. The lowest BCUT2D eigenvalue weighted by molar-refractivity contribution is -0.137. The third kappa shape index (κ3) is 4.25. The summed E-state index contributed by atoms with van der Waals surface area (Å²) in [4.78, 5) is 31.9. The number of aromatic amines is 1. The van der Waals surface area contributed by atoms with E-state index in [1.165, 1.54) is 6.33 Å². The summed E-state index contributed by atoms with van der Waals surface area (Å²) in [5.41, 5.74) is -0.122. The molecule has 2 N–H and O–H groups in total. The molecular weight excluding hydrogens is 411 g/mol. The van der Waals surface area contributed by atoms with Gasteiger partial charge in [-0.15, -0.1) is 0 Å². The van der Waals surface area contributed by atoms with Gasteiger partial charge in [0.15, 0.2) is 0 Å². The Labute approximate surface area is 176 Å². The van der Waals surface area contributed by atoms with Gasteiger partial charge in [0.1, 0.15) is 23.6 Å². The first-order valence-corrected chi connectivity index (χ1v) is 9.84. The minimum absolute atomic E-state index is 0.00747. The molecule has 2 unspecified atom stereocenters. The van der Waals surface area contributed by atoms with Crippen molar-refractivity contribution in [1.82, 2.24) is 24.8 Å². The third-order valence-corrected chi connectivity index (χ3v) is 5.70. The maximum atomic E-state index is 12.7. The Bertz CT molecular complexity index is 1070. The van der Waals surface area contributed by atoms with Crippen LogP contribution in [-0.2, 0) is 6.18 Å². The number of likely N-dealkylation sites (N-methyl/N-ethyl adjacent to an activating group) is 1. The number of carbonyl (C=O) groups is 1. The number of urea groups is 1. The zero-order chi connectivity index (χ0) is 22.2. The molecule has 31 heavy (non-hydrogen) atoms. The Morgan fingerprint density at radius 3 is 2.77 bits per heavy atom. The van der Waals surface area contributed by atoms with Crippen molar-refractivity contribution in [3.63, 3.8) is 0 Å². The van der Waals surface area contributed by atoms with Crippen LogP contribution in [0.3, 0.4) is 0 Å². The number of nitrogens with zero attached hydrogens (tertiary/aromatic N) is 5. The molecular formula is C20H22F3N7O. The van der Waals surface area contributed by atoms with Crippen LogP contribution in [0, 0.1) is 5.92 Å². The van der Waals surface area contributed by atoms with Gasteiger partial charge >= 0.3 is 12.2 Å². The highest BCUT2D eigenvalue weighted by Gasteiger charge is 2.33. The van der Waals surface area contributed by atoms with Crippen LogP contribution < -0.4 is 10.2 Å². The van der Waals surface area contributed by atoms with Crippen molar-refractivity contribution in [2.24, 2.45) is 5.92 Å². The molecule has 164 valence electrons. The minimum atomic E-state index is -4.47. The molecule has 0 spiro atoms. The normalized spacial score (nSPS) is 19.5. The second-order valence-corrected chi connectivity index (χ2v) is 7.69. The molecule has 1 fully saturated rings. The second kappa shape index (κ2) is 8.05. The summed E-state index contributed by atoms with van der Waals surface area (Å²) in [6.45, 7) is 3.12. The van der Waals surface area contributed by atoms with Gasteiger partial charge in [-0.2, -0.15) is 13.2 Å². The Kier molecular flexibility index (Phi) is 5.42. The number of piperidine rings is 1. The first kappa shape index (κ1) is 20.9.